The van der Waals surface area contributed by atoms with Crippen molar-refractivity contribution in [1.82, 2.24) is 4.98 Å². The van der Waals surface area contributed by atoms with Gasteiger partial charge in [0.25, 0.3) is 0 Å². The summed E-state index contributed by atoms with van der Waals surface area (Å²) in [5, 5.41) is 5.23. The SMILES string of the molecule is CCS(=O)(=O)c1ccc(CC(=O)Nc2nc(-c3ccccc3)cs2)cc1. The van der Waals surface area contributed by atoms with Crippen molar-refractivity contribution in [2.75, 3.05) is 11.1 Å². The number of nitrogens with one attached hydrogen (secondary N) is 1. The molecule has 1 aromatic heterocycles. The van der Waals surface area contributed by atoms with Crippen LogP contribution in [0.15, 0.2) is 64.9 Å². The molecule has 3 rings (SSSR count). The zero-order chi connectivity index (χ0) is 18.6. The highest BCUT2D eigenvalue weighted by Crippen LogP contribution is 2.24. The molecule has 0 spiro atoms. The maximum atomic E-state index is 12.2. The molecule has 7 heteroatoms. The van der Waals surface area contributed by atoms with Crippen molar-refractivity contribution in [3.63, 3.8) is 0 Å². The fourth-order valence-corrected chi connectivity index (χ4v) is 4.02. The van der Waals surface area contributed by atoms with Crippen LogP contribution in [-0.2, 0) is 21.1 Å². The van der Waals surface area contributed by atoms with Gasteiger partial charge in [0, 0.05) is 10.9 Å². The second-order valence-corrected chi connectivity index (χ2v) is 8.81. The van der Waals surface area contributed by atoms with Crippen LogP contribution < -0.4 is 5.32 Å². The van der Waals surface area contributed by atoms with E-state index in [2.05, 4.69) is 10.3 Å². The lowest BCUT2D eigenvalue weighted by Gasteiger charge is -2.04. The molecule has 1 heterocycles. The lowest BCUT2D eigenvalue weighted by Crippen LogP contribution is -2.14. The third kappa shape index (κ3) is 4.36. The number of carbonyl (C=O) groups is 1. The van der Waals surface area contributed by atoms with Crippen LogP contribution >= 0.6 is 11.3 Å². The van der Waals surface area contributed by atoms with Gasteiger partial charge in [-0.25, -0.2) is 13.4 Å². The van der Waals surface area contributed by atoms with E-state index < -0.39 is 9.84 Å². The van der Waals surface area contributed by atoms with E-state index in [1.807, 2.05) is 35.7 Å². The molecular formula is C19H18N2O3S2. The first-order valence-electron chi connectivity index (χ1n) is 8.10. The van der Waals surface area contributed by atoms with E-state index in [0.717, 1.165) is 16.8 Å². The Morgan fingerprint density at radius 3 is 2.42 bits per heavy atom. The number of nitrogens with zero attached hydrogens (tertiary/aromatic N) is 1. The maximum absolute atomic E-state index is 12.2. The van der Waals surface area contributed by atoms with Gasteiger partial charge in [-0.1, -0.05) is 49.4 Å². The standard InChI is InChI=1S/C19H18N2O3S2/c1-2-26(23,24)16-10-8-14(9-11-16)12-18(22)21-19-20-17(13-25-19)15-6-4-3-5-7-15/h3-11,13H,2,12H2,1H3,(H,20,21,22). The summed E-state index contributed by atoms with van der Waals surface area (Å²) in [5.74, 6) is -0.134. The third-order valence-corrected chi connectivity index (χ3v) is 6.36. The number of hydrogen-bond acceptors (Lipinski definition) is 5. The Morgan fingerprint density at radius 1 is 1.08 bits per heavy atom. The van der Waals surface area contributed by atoms with E-state index in [-0.39, 0.29) is 23.0 Å². The number of sulfone groups is 1. The van der Waals surface area contributed by atoms with Gasteiger partial charge in [0.15, 0.2) is 15.0 Å². The van der Waals surface area contributed by atoms with E-state index in [4.69, 9.17) is 0 Å². The summed E-state index contributed by atoms with van der Waals surface area (Å²) in [6, 6.07) is 16.2. The largest absolute Gasteiger partial charge is 0.302 e. The van der Waals surface area contributed by atoms with Crippen LogP contribution in [0.25, 0.3) is 11.3 Å². The lowest BCUT2D eigenvalue weighted by atomic mass is 10.1. The second kappa shape index (κ2) is 7.80. The number of hydrogen-bond donors (Lipinski definition) is 1. The van der Waals surface area contributed by atoms with Crippen LogP contribution in [0.1, 0.15) is 12.5 Å². The highest BCUT2D eigenvalue weighted by Gasteiger charge is 2.12. The number of amides is 1. The summed E-state index contributed by atoms with van der Waals surface area (Å²) < 4.78 is 23.6. The number of rotatable bonds is 6. The molecule has 0 saturated heterocycles. The van der Waals surface area contributed by atoms with Crippen LogP contribution in [-0.4, -0.2) is 25.1 Å². The molecule has 0 bridgehead atoms. The number of carbonyl (C=O) groups excluding carboxylic acids is 1. The molecule has 0 atom stereocenters. The fourth-order valence-electron chi connectivity index (χ4n) is 2.40. The van der Waals surface area contributed by atoms with Gasteiger partial charge < -0.3 is 5.32 Å². The van der Waals surface area contributed by atoms with Gasteiger partial charge in [-0.2, -0.15) is 0 Å². The average Bonchev–Trinajstić information content (AvgIpc) is 3.11. The predicted molar refractivity (Wildman–Crippen MR) is 104 cm³/mol. The Bertz CT molecular complexity index is 995. The third-order valence-electron chi connectivity index (χ3n) is 3.85. The van der Waals surface area contributed by atoms with Crippen molar-refractivity contribution in [3.05, 3.63) is 65.5 Å². The van der Waals surface area contributed by atoms with Crippen LogP contribution in [0.2, 0.25) is 0 Å². The van der Waals surface area contributed by atoms with Crippen molar-refractivity contribution in [3.8, 4) is 11.3 Å². The van der Waals surface area contributed by atoms with E-state index in [1.54, 1.807) is 31.2 Å². The first kappa shape index (κ1) is 18.3. The molecular weight excluding hydrogens is 368 g/mol. The summed E-state index contributed by atoms with van der Waals surface area (Å²) in [7, 11) is -3.22. The topological polar surface area (TPSA) is 76.1 Å². The molecule has 1 N–H and O–H groups in total. The van der Waals surface area contributed by atoms with Gasteiger partial charge in [-0.15, -0.1) is 11.3 Å². The molecule has 2 aromatic carbocycles. The number of anilines is 1. The summed E-state index contributed by atoms with van der Waals surface area (Å²) in [6.45, 7) is 1.61. The summed E-state index contributed by atoms with van der Waals surface area (Å²) in [6.07, 6.45) is 0.159. The van der Waals surface area contributed by atoms with Crippen LogP contribution in [0.5, 0.6) is 0 Å². The van der Waals surface area contributed by atoms with E-state index in [1.165, 1.54) is 11.3 Å². The Kier molecular flexibility index (Phi) is 5.49. The number of benzene rings is 2. The van der Waals surface area contributed by atoms with Crippen molar-refractivity contribution >= 4 is 32.2 Å². The zero-order valence-corrected chi connectivity index (χ0v) is 15.8. The van der Waals surface area contributed by atoms with Crippen molar-refractivity contribution < 1.29 is 13.2 Å². The number of aromatic nitrogens is 1. The predicted octanol–water partition coefficient (Wildman–Crippen LogP) is 3.78. The highest BCUT2D eigenvalue weighted by atomic mass is 32.2. The van der Waals surface area contributed by atoms with Crippen molar-refractivity contribution in [2.45, 2.75) is 18.2 Å². The van der Waals surface area contributed by atoms with Crippen LogP contribution in [0, 0.1) is 0 Å². The Hall–Kier alpha value is -2.51. The average molecular weight is 386 g/mol. The van der Waals surface area contributed by atoms with Gasteiger partial charge in [-0.3, -0.25) is 4.79 Å². The van der Waals surface area contributed by atoms with Crippen molar-refractivity contribution in [1.29, 1.82) is 0 Å². The molecule has 3 aromatic rings. The molecule has 134 valence electrons. The Labute approximate surface area is 156 Å². The van der Waals surface area contributed by atoms with Crippen LogP contribution in [0.4, 0.5) is 5.13 Å². The summed E-state index contributed by atoms with van der Waals surface area (Å²) in [4.78, 5) is 16.9. The minimum absolute atomic E-state index is 0.0562. The van der Waals surface area contributed by atoms with Gasteiger partial charge in [0.2, 0.25) is 5.91 Å². The van der Waals surface area contributed by atoms with Gasteiger partial charge >= 0.3 is 0 Å². The normalized spacial score (nSPS) is 11.3. The van der Waals surface area contributed by atoms with Gasteiger partial charge in [0.05, 0.1) is 22.8 Å². The molecule has 0 radical (unpaired) electrons. The van der Waals surface area contributed by atoms with E-state index in [0.29, 0.717) is 5.13 Å². The molecule has 1 amide bonds. The molecule has 0 fully saturated rings. The molecule has 0 saturated carbocycles. The molecule has 0 aliphatic heterocycles. The fraction of sp³-hybridized carbons (Fsp3) is 0.158. The second-order valence-electron chi connectivity index (χ2n) is 5.68. The minimum Gasteiger partial charge on any atom is -0.302 e. The zero-order valence-electron chi connectivity index (χ0n) is 14.2. The molecule has 26 heavy (non-hydrogen) atoms. The Balaban J connectivity index is 1.64. The minimum atomic E-state index is -3.22. The first-order valence-corrected chi connectivity index (χ1v) is 10.6. The number of thiazole rings is 1. The maximum Gasteiger partial charge on any atom is 0.230 e. The van der Waals surface area contributed by atoms with E-state index in [9.17, 15) is 13.2 Å². The monoisotopic (exact) mass is 386 g/mol. The van der Waals surface area contributed by atoms with Gasteiger partial charge in [0.1, 0.15) is 0 Å². The van der Waals surface area contributed by atoms with E-state index >= 15 is 0 Å². The molecule has 5 nitrogen and oxygen atoms in total. The molecule has 0 aliphatic carbocycles. The van der Waals surface area contributed by atoms with Gasteiger partial charge in [-0.05, 0) is 17.7 Å². The Morgan fingerprint density at radius 2 is 1.77 bits per heavy atom. The van der Waals surface area contributed by atoms with Crippen LogP contribution in [0.3, 0.4) is 0 Å². The summed E-state index contributed by atoms with van der Waals surface area (Å²) >= 11 is 1.37. The molecule has 0 unspecified atom stereocenters. The first-order chi connectivity index (χ1) is 12.5. The smallest absolute Gasteiger partial charge is 0.230 e. The highest BCUT2D eigenvalue weighted by molar-refractivity contribution is 7.91. The van der Waals surface area contributed by atoms with Crippen molar-refractivity contribution in [2.24, 2.45) is 0 Å². The quantitative estimate of drug-likeness (QED) is 0.699. The lowest BCUT2D eigenvalue weighted by molar-refractivity contribution is -0.115. The molecule has 0 aliphatic rings. The summed E-state index contributed by atoms with van der Waals surface area (Å²) in [5.41, 5.74) is 2.56.